The second-order valence-corrected chi connectivity index (χ2v) is 8.02. The molecule has 4 nitrogen and oxygen atoms in total. The molecule has 0 N–H and O–H groups in total. The predicted molar refractivity (Wildman–Crippen MR) is 123 cm³/mol. The number of amides is 1. The van der Waals surface area contributed by atoms with Gasteiger partial charge in [0.15, 0.2) is 5.82 Å². The minimum absolute atomic E-state index is 0.0485. The van der Waals surface area contributed by atoms with Gasteiger partial charge >= 0.3 is 0 Å². The molecule has 0 saturated carbocycles. The molecule has 1 saturated heterocycles. The average molecular weight is 420 g/mol. The molecule has 0 spiro atoms. The number of piperidine rings is 1. The summed E-state index contributed by atoms with van der Waals surface area (Å²) < 4.78 is 0. The molecule has 154 valence electrons. The van der Waals surface area contributed by atoms with Crippen LogP contribution in [-0.4, -0.2) is 41.5 Å². The van der Waals surface area contributed by atoms with Gasteiger partial charge in [-0.05, 0) is 61.3 Å². The van der Waals surface area contributed by atoms with Crippen LogP contribution in [0, 0.1) is 0 Å². The van der Waals surface area contributed by atoms with Crippen LogP contribution in [0.3, 0.4) is 0 Å². The zero-order valence-corrected chi connectivity index (χ0v) is 17.9. The van der Waals surface area contributed by atoms with Crippen molar-refractivity contribution in [1.82, 2.24) is 9.88 Å². The second-order valence-electron chi connectivity index (χ2n) is 7.62. The van der Waals surface area contributed by atoms with Gasteiger partial charge < -0.3 is 4.90 Å². The smallest absolute Gasteiger partial charge is 0.259 e. The van der Waals surface area contributed by atoms with Crippen molar-refractivity contribution >= 4 is 23.3 Å². The maximum atomic E-state index is 13.6. The Balaban J connectivity index is 1.66. The van der Waals surface area contributed by atoms with Crippen LogP contribution in [-0.2, 0) is 0 Å². The van der Waals surface area contributed by atoms with E-state index < -0.39 is 0 Å². The number of hydrogen-bond donors (Lipinski definition) is 0. The number of benzene rings is 2. The van der Waals surface area contributed by atoms with E-state index in [0.717, 1.165) is 43.6 Å². The van der Waals surface area contributed by atoms with Crippen molar-refractivity contribution in [2.75, 3.05) is 24.5 Å². The summed E-state index contributed by atoms with van der Waals surface area (Å²) in [5.41, 5.74) is 2.86. The molecule has 5 heteroatoms. The zero-order chi connectivity index (χ0) is 20.9. The summed E-state index contributed by atoms with van der Waals surface area (Å²) in [5, 5.41) is 0.500. The van der Waals surface area contributed by atoms with E-state index in [1.165, 1.54) is 0 Å². The lowest BCUT2D eigenvalue weighted by Crippen LogP contribution is -2.50. The van der Waals surface area contributed by atoms with E-state index in [2.05, 4.69) is 28.9 Å². The lowest BCUT2D eigenvalue weighted by molar-refractivity contribution is 0.0955. The Morgan fingerprint density at radius 2 is 1.80 bits per heavy atom. The lowest BCUT2D eigenvalue weighted by atomic mass is 10.0. The van der Waals surface area contributed by atoms with Gasteiger partial charge in [0.1, 0.15) is 0 Å². The maximum Gasteiger partial charge on any atom is 0.259 e. The molecule has 1 amide bonds. The number of anilines is 1. The Bertz CT molecular complexity index is 991. The molecule has 0 unspecified atom stereocenters. The highest BCUT2D eigenvalue weighted by Crippen LogP contribution is 2.30. The summed E-state index contributed by atoms with van der Waals surface area (Å²) in [5.74, 6) is 0.484. The zero-order valence-electron chi connectivity index (χ0n) is 17.2. The van der Waals surface area contributed by atoms with E-state index >= 15 is 0 Å². The molecule has 0 radical (unpaired) electrons. The fourth-order valence-electron chi connectivity index (χ4n) is 4.09. The van der Waals surface area contributed by atoms with Gasteiger partial charge in [0.2, 0.25) is 0 Å². The third kappa shape index (κ3) is 4.40. The Morgan fingerprint density at radius 3 is 2.50 bits per heavy atom. The minimum atomic E-state index is -0.0573. The lowest BCUT2D eigenvalue weighted by Gasteiger charge is -2.38. The number of aromatic nitrogens is 1. The Labute approximate surface area is 183 Å². The van der Waals surface area contributed by atoms with Crippen molar-refractivity contribution in [3.8, 4) is 11.1 Å². The fourth-order valence-corrected chi connectivity index (χ4v) is 4.31. The number of rotatable bonds is 5. The monoisotopic (exact) mass is 419 g/mol. The van der Waals surface area contributed by atoms with Gasteiger partial charge in [-0.3, -0.25) is 9.69 Å². The molecule has 1 aliphatic heterocycles. The summed E-state index contributed by atoms with van der Waals surface area (Å²) >= 11 is 6.48. The summed E-state index contributed by atoms with van der Waals surface area (Å²) in [6.45, 7) is 5.03. The highest BCUT2D eigenvalue weighted by molar-refractivity contribution is 6.33. The van der Waals surface area contributed by atoms with Gasteiger partial charge in [-0.15, -0.1) is 0 Å². The molecular weight excluding hydrogens is 394 g/mol. The van der Waals surface area contributed by atoms with Crippen molar-refractivity contribution < 1.29 is 4.79 Å². The molecule has 1 fully saturated rings. The molecule has 3 aromatic rings. The van der Waals surface area contributed by atoms with Gasteiger partial charge in [-0.25, -0.2) is 4.98 Å². The Morgan fingerprint density at radius 1 is 1.07 bits per heavy atom. The Kier molecular flexibility index (Phi) is 6.46. The average Bonchev–Trinajstić information content (AvgIpc) is 2.81. The standard InChI is InChI=1S/C25H26ClN3O/c1-2-28-17-7-10-22(18-28)29(24-23(26)11-6-16-27-24)25(30)21-14-12-20(13-15-21)19-8-4-3-5-9-19/h3-6,8-9,11-16,22H,2,7,10,17-18H2,1H3/t22-/m1/s1. The molecule has 1 atom stereocenters. The minimum Gasteiger partial charge on any atom is -0.302 e. The van der Waals surface area contributed by atoms with Gasteiger partial charge in [-0.2, -0.15) is 0 Å². The molecule has 2 heterocycles. The van der Waals surface area contributed by atoms with Crippen LogP contribution in [0.2, 0.25) is 5.02 Å². The van der Waals surface area contributed by atoms with Crippen molar-refractivity contribution in [3.05, 3.63) is 83.5 Å². The van der Waals surface area contributed by atoms with Gasteiger partial charge in [0.05, 0.1) is 11.1 Å². The number of halogens is 1. The maximum absolute atomic E-state index is 13.6. The summed E-state index contributed by atoms with van der Waals surface area (Å²) in [6.07, 6.45) is 3.69. The van der Waals surface area contributed by atoms with Crippen LogP contribution in [0.15, 0.2) is 72.9 Å². The number of pyridine rings is 1. The summed E-state index contributed by atoms with van der Waals surface area (Å²) in [7, 11) is 0. The quantitative estimate of drug-likeness (QED) is 0.545. The second kappa shape index (κ2) is 9.41. The summed E-state index contributed by atoms with van der Waals surface area (Å²) in [6, 6.07) is 21.6. The van der Waals surface area contributed by atoms with E-state index in [-0.39, 0.29) is 11.9 Å². The fraction of sp³-hybridized carbons (Fsp3) is 0.280. The number of carbonyl (C=O) groups excluding carboxylic acids is 1. The van der Waals surface area contributed by atoms with E-state index in [0.29, 0.717) is 16.4 Å². The molecule has 1 aromatic heterocycles. The largest absolute Gasteiger partial charge is 0.302 e. The first-order valence-corrected chi connectivity index (χ1v) is 10.9. The van der Waals surface area contributed by atoms with Crippen molar-refractivity contribution in [3.63, 3.8) is 0 Å². The van der Waals surface area contributed by atoms with Crippen LogP contribution in [0.4, 0.5) is 5.82 Å². The van der Waals surface area contributed by atoms with Crippen LogP contribution >= 0.6 is 11.6 Å². The SMILES string of the molecule is CCN1CCC[C@@H](N(C(=O)c2ccc(-c3ccccc3)cc2)c2ncccc2Cl)C1. The topological polar surface area (TPSA) is 36.4 Å². The number of likely N-dealkylation sites (tertiary alicyclic amines) is 1. The van der Waals surface area contributed by atoms with E-state index in [1.807, 2.05) is 47.4 Å². The van der Waals surface area contributed by atoms with Gasteiger partial charge in [0, 0.05) is 18.3 Å². The number of likely N-dealkylation sites (N-methyl/N-ethyl adjacent to an activating group) is 1. The van der Waals surface area contributed by atoms with Crippen LogP contribution < -0.4 is 4.90 Å². The van der Waals surface area contributed by atoms with E-state index in [9.17, 15) is 4.79 Å². The number of nitrogens with zero attached hydrogens (tertiary/aromatic N) is 3. The van der Waals surface area contributed by atoms with Crippen LogP contribution in [0.25, 0.3) is 11.1 Å². The molecule has 2 aromatic carbocycles. The van der Waals surface area contributed by atoms with Gasteiger partial charge in [-0.1, -0.05) is 61.0 Å². The van der Waals surface area contributed by atoms with Crippen molar-refractivity contribution in [2.24, 2.45) is 0 Å². The first-order chi connectivity index (χ1) is 14.7. The van der Waals surface area contributed by atoms with E-state index in [4.69, 9.17) is 11.6 Å². The molecule has 1 aliphatic rings. The first kappa shape index (κ1) is 20.6. The van der Waals surface area contributed by atoms with Crippen LogP contribution in [0.5, 0.6) is 0 Å². The normalized spacial score (nSPS) is 16.9. The summed E-state index contributed by atoms with van der Waals surface area (Å²) in [4.78, 5) is 22.3. The van der Waals surface area contributed by atoms with Crippen molar-refractivity contribution in [2.45, 2.75) is 25.8 Å². The van der Waals surface area contributed by atoms with E-state index in [1.54, 1.807) is 18.3 Å². The highest BCUT2D eigenvalue weighted by Gasteiger charge is 2.32. The molecule has 0 bridgehead atoms. The highest BCUT2D eigenvalue weighted by atomic mass is 35.5. The molecule has 4 rings (SSSR count). The van der Waals surface area contributed by atoms with Crippen molar-refractivity contribution in [1.29, 1.82) is 0 Å². The molecule has 0 aliphatic carbocycles. The first-order valence-electron chi connectivity index (χ1n) is 10.5. The molecular formula is C25H26ClN3O. The third-order valence-electron chi connectivity index (χ3n) is 5.72. The van der Waals surface area contributed by atoms with Gasteiger partial charge in [0.25, 0.3) is 5.91 Å². The third-order valence-corrected chi connectivity index (χ3v) is 6.01. The Hall–Kier alpha value is -2.69. The van der Waals surface area contributed by atoms with Crippen LogP contribution in [0.1, 0.15) is 30.1 Å². The molecule has 30 heavy (non-hydrogen) atoms. The number of carbonyl (C=O) groups is 1. The predicted octanol–water partition coefficient (Wildman–Crippen LogP) is 5.53. The number of hydrogen-bond acceptors (Lipinski definition) is 3.